The molecule has 2 aliphatic rings. The molecule has 1 aliphatic carbocycles. The van der Waals surface area contributed by atoms with Crippen LogP contribution in [0, 0.1) is 11.4 Å². The molecule has 1 saturated carbocycles. The van der Waals surface area contributed by atoms with E-state index in [2.05, 4.69) is 19.6 Å². The number of anilines is 2. The van der Waals surface area contributed by atoms with E-state index >= 15 is 0 Å². The summed E-state index contributed by atoms with van der Waals surface area (Å²) < 4.78 is 31.8. The third kappa shape index (κ3) is 4.76. The molecule has 1 aliphatic heterocycles. The molecule has 2 atom stereocenters. The van der Waals surface area contributed by atoms with E-state index in [0.717, 1.165) is 51.1 Å². The number of rotatable bonds is 5. The van der Waals surface area contributed by atoms with Crippen molar-refractivity contribution >= 4 is 52.1 Å². The van der Waals surface area contributed by atoms with Gasteiger partial charge in [0.1, 0.15) is 15.6 Å². The van der Waals surface area contributed by atoms with E-state index in [9.17, 15) is 8.94 Å². The van der Waals surface area contributed by atoms with Crippen LogP contribution in [0.25, 0.3) is 5.65 Å². The minimum absolute atomic E-state index is 0.0517. The Bertz CT molecular complexity index is 1260. The summed E-state index contributed by atoms with van der Waals surface area (Å²) in [5, 5.41) is -0.0517. The summed E-state index contributed by atoms with van der Waals surface area (Å²) in [6.45, 7) is 7.68. The zero-order valence-electron chi connectivity index (χ0n) is 20.6. The summed E-state index contributed by atoms with van der Waals surface area (Å²) in [6, 6.07) is 1.90. The van der Waals surface area contributed by atoms with Crippen molar-refractivity contribution in [1.29, 1.82) is 0 Å². The van der Waals surface area contributed by atoms with Gasteiger partial charge >= 0.3 is 0 Å². The highest BCUT2D eigenvalue weighted by molar-refractivity contribution is 7.99. The Morgan fingerprint density at radius 3 is 2.72 bits per heavy atom. The largest absolute Gasteiger partial charge is 0.598 e. The van der Waals surface area contributed by atoms with Gasteiger partial charge in [0.05, 0.1) is 10.9 Å². The number of nitrogens with two attached hydrogens (primary N) is 1. The number of hydrogen-bond donors (Lipinski definition) is 2. The number of halogens is 2. The maximum absolute atomic E-state index is 13.9. The number of nitrogen functional groups attached to an aromatic ring is 1. The number of pyridine rings is 1. The van der Waals surface area contributed by atoms with Gasteiger partial charge in [0.15, 0.2) is 5.65 Å². The first-order valence-corrected chi connectivity index (χ1v) is 14.5. The second kappa shape index (κ2) is 9.83. The van der Waals surface area contributed by atoms with Crippen LogP contribution in [0.2, 0.25) is 5.02 Å². The maximum atomic E-state index is 13.9. The molecule has 36 heavy (non-hydrogen) atoms. The van der Waals surface area contributed by atoms with Gasteiger partial charge < -0.3 is 15.2 Å². The number of fused-ring (bicyclic) bond motifs is 1. The monoisotopic (exact) mass is 551 g/mol. The Labute approximate surface area is 222 Å². The lowest BCUT2D eigenvalue weighted by Crippen LogP contribution is -2.53. The van der Waals surface area contributed by atoms with E-state index in [1.165, 1.54) is 18.0 Å². The highest BCUT2D eigenvalue weighted by Crippen LogP contribution is 2.48. The summed E-state index contributed by atoms with van der Waals surface area (Å²) in [6.07, 6.45) is 10.3. The second-order valence-corrected chi connectivity index (χ2v) is 14.0. The van der Waals surface area contributed by atoms with Gasteiger partial charge in [0, 0.05) is 47.9 Å². The van der Waals surface area contributed by atoms with E-state index in [1.54, 1.807) is 12.3 Å². The number of nitrogens with one attached hydrogen (secondary N) is 1. The summed E-state index contributed by atoms with van der Waals surface area (Å²) in [5.41, 5.74) is 7.21. The van der Waals surface area contributed by atoms with Gasteiger partial charge in [-0.25, -0.2) is 9.97 Å². The molecule has 8 nitrogen and oxygen atoms in total. The van der Waals surface area contributed by atoms with E-state index in [0.29, 0.717) is 21.3 Å². The van der Waals surface area contributed by atoms with Gasteiger partial charge in [0.2, 0.25) is 11.9 Å². The quantitative estimate of drug-likeness (QED) is 0.342. The molecule has 3 aromatic heterocycles. The lowest BCUT2D eigenvalue weighted by molar-refractivity contribution is 0.186. The predicted molar refractivity (Wildman–Crippen MR) is 143 cm³/mol. The van der Waals surface area contributed by atoms with E-state index in [-0.39, 0.29) is 21.2 Å². The van der Waals surface area contributed by atoms with Crippen LogP contribution in [0.15, 0.2) is 34.4 Å². The average Bonchev–Trinajstić information content (AvgIpc) is 3.46. The van der Waals surface area contributed by atoms with Crippen LogP contribution in [-0.4, -0.2) is 47.8 Å². The van der Waals surface area contributed by atoms with Crippen LogP contribution in [0.1, 0.15) is 52.9 Å². The van der Waals surface area contributed by atoms with Crippen molar-refractivity contribution in [2.24, 2.45) is 5.41 Å². The van der Waals surface area contributed by atoms with Crippen molar-refractivity contribution in [2.45, 2.75) is 73.5 Å². The summed E-state index contributed by atoms with van der Waals surface area (Å²) in [5.74, 6) is 0.340. The van der Waals surface area contributed by atoms with Crippen LogP contribution < -0.4 is 15.4 Å². The fourth-order valence-electron chi connectivity index (χ4n) is 5.25. The van der Waals surface area contributed by atoms with Crippen molar-refractivity contribution in [1.82, 2.24) is 24.1 Å². The SMILES string of the molecule is CC(C)(C)[S+]([O-])N[C@@H]1CCCC12CCN(c1nc(N)c(Sc3ccnc(F)c3Cl)c3nccn13)CC2. The highest BCUT2D eigenvalue weighted by atomic mass is 35.5. The Morgan fingerprint density at radius 2 is 2.00 bits per heavy atom. The standard InChI is InChI=1S/C24H31ClFN7OS2/c1-23(2,3)36(34)31-16-5-4-7-24(16)8-12-32(13-9-24)22-30-20(27)18(21-29-11-14-33(21)22)35-15-6-10-28-19(26)17(15)25/h6,10-11,14,16,31H,4-5,7-9,12-13,27H2,1-3H3/t16-,36?/m1/s1. The second-order valence-electron chi connectivity index (χ2n) is 10.6. The van der Waals surface area contributed by atoms with Gasteiger partial charge in [-0.3, -0.25) is 4.40 Å². The molecule has 0 bridgehead atoms. The molecule has 4 heterocycles. The van der Waals surface area contributed by atoms with Crippen LogP contribution in [-0.2, 0) is 11.4 Å². The number of hydrogen-bond acceptors (Lipinski definition) is 8. The molecule has 3 N–H and O–H groups in total. The lowest BCUT2D eigenvalue weighted by atomic mass is 9.74. The average molecular weight is 552 g/mol. The van der Waals surface area contributed by atoms with Crippen molar-refractivity contribution in [2.75, 3.05) is 23.7 Å². The number of piperidine rings is 1. The van der Waals surface area contributed by atoms with Gasteiger partial charge in [-0.15, -0.1) is 4.72 Å². The topological polar surface area (TPSA) is 107 Å². The maximum Gasteiger partial charge on any atom is 0.232 e. The molecule has 194 valence electrons. The molecule has 12 heteroatoms. The molecule has 1 unspecified atom stereocenters. The normalized spacial score (nSPS) is 20.9. The van der Waals surface area contributed by atoms with Gasteiger partial charge in [-0.05, 0) is 57.9 Å². The molecule has 2 fully saturated rings. The van der Waals surface area contributed by atoms with Crippen molar-refractivity contribution in [3.63, 3.8) is 0 Å². The zero-order valence-corrected chi connectivity index (χ0v) is 23.0. The van der Waals surface area contributed by atoms with Crippen molar-refractivity contribution < 1.29 is 8.94 Å². The Morgan fingerprint density at radius 1 is 1.25 bits per heavy atom. The van der Waals surface area contributed by atoms with Crippen molar-refractivity contribution in [3.8, 4) is 0 Å². The Balaban J connectivity index is 1.37. The summed E-state index contributed by atoms with van der Waals surface area (Å²) in [7, 11) is 0. The fraction of sp³-hybridized carbons (Fsp3) is 0.542. The minimum atomic E-state index is -1.08. The zero-order chi connectivity index (χ0) is 25.7. The first-order valence-electron chi connectivity index (χ1n) is 12.1. The summed E-state index contributed by atoms with van der Waals surface area (Å²) >= 11 is 6.27. The molecule has 5 rings (SSSR count). The van der Waals surface area contributed by atoms with E-state index in [4.69, 9.17) is 22.3 Å². The molecule has 0 amide bonds. The molecular formula is C24H31ClFN7OS2. The summed E-state index contributed by atoms with van der Waals surface area (Å²) in [4.78, 5) is 16.2. The van der Waals surface area contributed by atoms with Crippen LogP contribution in [0.4, 0.5) is 16.2 Å². The number of imidazole rings is 1. The van der Waals surface area contributed by atoms with Gasteiger partial charge in [-0.2, -0.15) is 9.37 Å². The third-order valence-corrected chi connectivity index (χ3v) is 10.5. The van der Waals surface area contributed by atoms with Crippen LogP contribution >= 0.6 is 23.4 Å². The molecule has 0 aromatic carbocycles. The van der Waals surface area contributed by atoms with Crippen LogP contribution in [0.5, 0.6) is 0 Å². The fourth-order valence-corrected chi connectivity index (χ4v) is 7.37. The molecule has 0 radical (unpaired) electrons. The molecular weight excluding hydrogens is 521 g/mol. The minimum Gasteiger partial charge on any atom is -0.598 e. The smallest absolute Gasteiger partial charge is 0.232 e. The van der Waals surface area contributed by atoms with Gasteiger partial charge in [-0.1, -0.05) is 29.8 Å². The van der Waals surface area contributed by atoms with Crippen molar-refractivity contribution in [3.05, 3.63) is 35.6 Å². The highest BCUT2D eigenvalue weighted by Gasteiger charge is 2.48. The predicted octanol–water partition coefficient (Wildman–Crippen LogP) is 4.84. The first kappa shape index (κ1) is 25.8. The number of aromatic nitrogens is 4. The Kier molecular flexibility index (Phi) is 7.05. The van der Waals surface area contributed by atoms with Crippen LogP contribution in [0.3, 0.4) is 0 Å². The Hall–Kier alpha value is -1.79. The molecule has 1 saturated heterocycles. The molecule has 3 aromatic rings. The van der Waals surface area contributed by atoms with E-state index in [1.807, 2.05) is 31.4 Å². The van der Waals surface area contributed by atoms with E-state index < -0.39 is 17.3 Å². The number of nitrogens with zero attached hydrogens (tertiary/aromatic N) is 5. The lowest BCUT2D eigenvalue weighted by Gasteiger charge is -2.44. The van der Waals surface area contributed by atoms with Gasteiger partial charge in [0.25, 0.3) is 0 Å². The third-order valence-electron chi connectivity index (χ3n) is 7.29. The first-order chi connectivity index (χ1) is 17.1. The molecule has 1 spiro atoms.